The fraction of sp³-hybridized carbons (Fsp3) is 0.889. The molecule has 0 spiro atoms. The fourth-order valence-electron chi connectivity index (χ4n) is 1.53. The van der Waals surface area contributed by atoms with Crippen molar-refractivity contribution in [3.8, 4) is 6.07 Å². The third-order valence-corrected chi connectivity index (χ3v) is 4.56. The Hall–Kier alpha value is -0.400. The monoisotopic (exact) mass is 201 g/mol. The number of nitrogens with zero attached hydrogens (tertiary/aromatic N) is 1. The van der Waals surface area contributed by atoms with E-state index in [0.29, 0.717) is 13.0 Å². The Morgan fingerprint density at radius 3 is 2.92 bits per heavy atom. The number of hydrogen-bond donors (Lipinski definition) is 0. The van der Waals surface area contributed by atoms with Gasteiger partial charge in [0.2, 0.25) is 0 Å². The van der Waals surface area contributed by atoms with Crippen molar-refractivity contribution in [2.45, 2.75) is 43.3 Å². The van der Waals surface area contributed by atoms with Crippen LogP contribution in [-0.4, -0.2) is 27.4 Å². The molecular weight excluding hydrogens is 186 g/mol. The number of ether oxygens (including phenoxy) is 1. The molecule has 4 heteroatoms. The maximum Gasteiger partial charge on any atom is 0.0691 e. The summed E-state index contributed by atoms with van der Waals surface area (Å²) < 4.78 is 17.2. The molecule has 1 aliphatic heterocycles. The van der Waals surface area contributed by atoms with Crippen molar-refractivity contribution in [3.05, 3.63) is 0 Å². The highest BCUT2D eigenvalue weighted by Crippen LogP contribution is 2.21. The standard InChI is InChI=1S/C9H15NO2S/c1-7(3-5-10)13(11)9-4-6-12-8(9)2/h7-9H,3-4,6H2,1-2H3. The van der Waals surface area contributed by atoms with Crippen LogP contribution in [0.25, 0.3) is 0 Å². The van der Waals surface area contributed by atoms with Crippen LogP contribution < -0.4 is 0 Å². The second kappa shape index (κ2) is 4.73. The van der Waals surface area contributed by atoms with Crippen LogP contribution in [0.4, 0.5) is 0 Å². The van der Waals surface area contributed by atoms with Gasteiger partial charge in [0.05, 0.1) is 17.4 Å². The van der Waals surface area contributed by atoms with Crippen molar-refractivity contribution in [2.24, 2.45) is 0 Å². The van der Waals surface area contributed by atoms with Crippen molar-refractivity contribution in [3.63, 3.8) is 0 Å². The third kappa shape index (κ3) is 2.52. The summed E-state index contributed by atoms with van der Waals surface area (Å²) in [6.45, 7) is 4.52. The minimum atomic E-state index is -0.918. The molecule has 0 bridgehead atoms. The number of hydrogen-bond acceptors (Lipinski definition) is 3. The first-order chi connectivity index (χ1) is 6.16. The predicted molar refractivity (Wildman–Crippen MR) is 51.7 cm³/mol. The van der Waals surface area contributed by atoms with Crippen molar-refractivity contribution in [2.75, 3.05) is 6.61 Å². The Bertz CT molecular complexity index is 236. The van der Waals surface area contributed by atoms with Gasteiger partial charge in [-0.3, -0.25) is 4.21 Å². The van der Waals surface area contributed by atoms with Crippen molar-refractivity contribution < 1.29 is 8.95 Å². The van der Waals surface area contributed by atoms with Crippen molar-refractivity contribution in [1.82, 2.24) is 0 Å². The molecule has 0 N–H and O–H groups in total. The van der Waals surface area contributed by atoms with Crippen LogP contribution in [0.3, 0.4) is 0 Å². The quantitative estimate of drug-likeness (QED) is 0.689. The predicted octanol–water partition coefficient (Wildman–Crippen LogP) is 1.21. The maximum atomic E-state index is 11.8. The van der Waals surface area contributed by atoms with Gasteiger partial charge in [0.15, 0.2) is 0 Å². The molecule has 3 nitrogen and oxygen atoms in total. The van der Waals surface area contributed by atoms with Crippen LogP contribution in [-0.2, 0) is 15.5 Å². The van der Waals surface area contributed by atoms with Gasteiger partial charge in [0, 0.05) is 29.1 Å². The van der Waals surface area contributed by atoms with E-state index in [0.717, 1.165) is 6.42 Å². The molecule has 0 aromatic heterocycles. The van der Waals surface area contributed by atoms with Gasteiger partial charge in [-0.25, -0.2) is 0 Å². The molecule has 1 rings (SSSR count). The highest BCUT2D eigenvalue weighted by molar-refractivity contribution is 7.86. The van der Waals surface area contributed by atoms with Gasteiger partial charge >= 0.3 is 0 Å². The molecule has 0 aliphatic carbocycles. The zero-order valence-electron chi connectivity index (χ0n) is 8.03. The van der Waals surface area contributed by atoms with E-state index < -0.39 is 10.8 Å². The molecule has 1 saturated heterocycles. The van der Waals surface area contributed by atoms with Crippen LogP contribution in [0.15, 0.2) is 0 Å². The van der Waals surface area contributed by atoms with Gasteiger partial charge in [-0.05, 0) is 20.3 Å². The molecule has 0 aromatic carbocycles. The molecule has 74 valence electrons. The summed E-state index contributed by atoms with van der Waals surface area (Å²) in [5, 5.41) is 8.58. The van der Waals surface area contributed by atoms with Gasteiger partial charge in [-0.15, -0.1) is 0 Å². The zero-order chi connectivity index (χ0) is 9.84. The molecule has 0 aromatic rings. The molecule has 1 fully saturated rings. The maximum absolute atomic E-state index is 11.8. The lowest BCUT2D eigenvalue weighted by atomic mass is 10.3. The van der Waals surface area contributed by atoms with Crippen LogP contribution >= 0.6 is 0 Å². The zero-order valence-corrected chi connectivity index (χ0v) is 8.84. The Kier molecular flexibility index (Phi) is 3.89. The van der Waals surface area contributed by atoms with E-state index in [2.05, 4.69) is 6.07 Å². The SMILES string of the molecule is CC1OCCC1S(=O)C(C)CC#N. The van der Waals surface area contributed by atoms with E-state index in [4.69, 9.17) is 10.00 Å². The molecule has 1 heterocycles. The van der Waals surface area contributed by atoms with Gasteiger partial charge in [0.25, 0.3) is 0 Å². The smallest absolute Gasteiger partial charge is 0.0691 e. The van der Waals surface area contributed by atoms with Crippen molar-refractivity contribution in [1.29, 1.82) is 5.26 Å². The van der Waals surface area contributed by atoms with E-state index >= 15 is 0 Å². The first-order valence-corrected chi connectivity index (χ1v) is 5.82. The Morgan fingerprint density at radius 2 is 2.46 bits per heavy atom. The van der Waals surface area contributed by atoms with E-state index in [9.17, 15) is 4.21 Å². The van der Waals surface area contributed by atoms with E-state index in [1.165, 1.54) is 0 Å². The molecular formula is C9H15NO2S. The van der Waals surface area contributed by atoms with Crippen LogP contribution in [0.5, 0.6) is 0 Å². The lowest BCUT2D eigenvalue weighted by Gasteiger charge is -2.16. The number of rotatable bonds is 3. The Balaban J connectivity index is 2.52. The van der Waals surface area contributed by atoms with Gasteiger partial charge < -0.3 is 4.74 Å². The average Bonchev–Trinajstić information content (AvgIpc) is 2.50. The second-order valence-corrected chi connectivity index (χ2v) is 5.47. The van der Waals surface area contributed by atoms with Crippen LogP contribution in [0.2, 0.25) is 0 Å². The van der Waals surface area contributed by atoms with E-state index in [1.54, 1.807) is 0 Å². The largest absolute Gasteiger partial charge is 0.377 e. The number of nitriles is 1. The van der Waals surface area contributed by atoms with E-state index in [-0.39, 0.29) is 16.6 Å². The first kappa shape index (κ1) is 10.7. The highest BCUT2D eigenvalue weighted by atomic mass is 32.2. The van der Waals surface area contributed by atoms with Gasteiger partial charge in [0.1, 0.15) is 0 Å². The fourth-order valence-corrected chi connectivity index (χ4v) is 3.15. The summed E-state index contributed by atoms with van der Waals surface area (Å²) in [5.74, 6) is 0. The summed E-state index contributed by atoms with van der Waals surface area (Å²) in [6, 6.07) is 2.05. The molecule has 4 atom stereocenters. The summed E-state index contributed by atoms with van der Waals surface area (Å²) in [6.07, 6.45) is 1.32. The van der Waals surface area contributed by atoms with Gasteiger partial charge in [-0.2, -0.15) is 5.26 Å². The molecule has 1 aliphatic rings. The average molecular weight is 201 g/mol. The summed E-state index contributed by atoms with van der Waals surface area (Å²) >= 11 is 0. The lowest BCUT2D eigenvalue weighted by molar-refractivity contribution is 0.126. The lowest BCUT2D eigenvalue weighted by Crippen LogP contribution is -2.29. The minimum absolute atomic E-state index is 0.0286. The molecule has 13 heavy (non-hydrogen) atoms. The molecule has 0 saturated carbocycles. The summed E-state index contributed by atoms with van der Waals surface area (Å²) in [4.78, 5) is 0. The van der Waals surface area contributed by atoms with Crippen LogP contribution in [0.1, 0.15) is 26.7 Å². The topological polar surface area (TPSA) is 50.1 Å². The summed E-state index contributed by atoms with van der Waals surface area (Å²) in [5.41, 5.74) is 0. The second-order valence-electron chi connectivity index (χ2n) is 3.40. The Labute approximate surface area is 81.5 Å². The minimum Gasteiger partial charge on any atom is -0.377 e. The van der Waals surface area contributed by atoms with Gasteiger partial charge in [-0.1, -0.05) is 0 Å². The van der Waals surface area contributed by atoms with E-state index in [1.807, 2.05) is 13.8 Å². The third-order valence-electron chi connectivity index (χ3n) is 2.38. The molecule has 4 unspecified atom stereocenters. The van der Waals surface area contributed by atoms with Crippen molar-refractivity contribution >= 4 is 10.8 Å². The molecule has 0 amide bonds. The normalized spacial score (nSPS) is 32.4. The highest BCUT2D eigenvalue weighted by Gasteiger charge is 2.31. The summed E-state index contributed by atoms with van der Waals surface area (Å²) in [7, 11) is -0.918. The molecule has 0 radical (unpaired) electrons. The van der Waals surface area contributed by atoms with Crippen LogP contribution in [0, 0.1) is 11.3 Å². The Morgan fingerprint density at radius 1 is 1.77 bits per heavy atom. The first-order valence-electron chi connectivity index (χ1n) is 4.54.